The Labute approximate surface area is 143 Å². The van der Waals surface area contributed by atoms with Crippen molar-refractivity contribution in [2.45, 2.75) is 32.2 Å². The first-order chi connectivity index (χ1) is 11.5. The van der Waals surface area contributed by atoms with E-state index in [1.165, 1.54) is 0 Å². The number of hydrogen-bond acceptors (Lipinski definition) is 6. The van der Waals surface area contributed by atoms with Gasteiger partial charge in [-0.3, -0.25) is 4.79 Å². The average Bonchev–Trinajstić information content (AvgIpc) is 2.79. The number of nitrogens with zero attached hydrogens (tertiary/aromatic N) is 5. The Morgan fingerprint density at radius 2 is 1.92 bits per heavy atom. The molecule has 2 aliphatic heterocycles. The van der Waals surface area contributed by atoms with E-state index in [9.17, 15) is 4.79 Å². The monoisotopic (exact) mass is 332 g/mol. The van der Waals surface area contributed by atoms with E-state index in [0.717, 1.165) is 70.2 Å². The molecular formula is C17H28N6O. The zero-order chi connectivity index (χ0) is 17.1. The summed E-state index contributed by atoms with van der Waals surface area (Å²) in [5.41, 5.74) is 7.38. The zero-order valence-electron chi connectivity index (χ0n) is 14.7. The molecule has 7 heteroatoms. The van der Waals surface area contributed by atoms with Gasteiger partial charge in [0.1, 0.15) is 0 Å². The summed E-state index contributed by atoms with van der Waals surface area (Å²) < 4.78 is 0. The Kier molecular flexibility index (Phi) is 5.30. The van der Waals surface area contributed by atoms with Gasteiger partial charge in [-0.05, 0) is 33.2 Å². The van der Waals surface area contributed by atoms with E-state index in [-0.39, 0.29) is 11.9 Å². The standard InChI is InChI=1S/C17H28N6O/c1-13-15(16(24)22-6-3-4-14(18)5-7-22)12-19-17(20-13)23-10-8-21(2)9-11-23/h12,14H,3-11,18H2,1-2H3/t14-/m1/s1. The van der Waals surface area contributed by atoms with Crippen LogP contribution in [0.1, 0.15) is 35.3 Å². The highest BCUT2D eigenvalue weighted by Gasteiger charge is 2.23. The number of hydrogen-bond donors (Lipinski definition) is 1. The summed E-state index contributed by atoms with van der Waals surface area (Å²) in [5, 5.41) is 0. The summed E-state index contributed by atoms with van der Waals surface area (Å²) in [6.45, 7) is 7.26. The summed E-state index contributed by atoms with van der Waals surface area (Å²) in [5.74, 6) is 0.765. The van der Waals surface area contributed by atoms with Crippen LogP contribution >= 0.6 is 0 Å². The first kappa shape index (κ1) is 17.1. The molecule has 2 N–H and O–H groups in total. The van der Waals surface area contributed by atoms with E-state index in [1.807, 2.05) is 11.8 Å². The van der Waals surface area contributed by atoms with Crippen molar-refractivity contribution in [1.29, 1.82) is 0 Å². The Balaban J connectivity index is 1.71. The van der Waals surface area contributed by atoms with Crippen LogP contribution < -0.4 is 10.6 Å². The van der Waals surface area contributed by atoms with Gasteiger partial charge in [0.25, 0.3) is 5.91 Å². The van der Waals surface area contributed by atoms with Crippen LogP contribution in [0, 0.1) is 6.92 Å². The molecule has 0 spiro atoms. The van der Waals surface area contributed by atoms with Crippen molar-refractivity contribution in [3.63, 3.8) is 0 Å². The third kappa shape index (κ3) is 3.84. The Morgan fingerprint density at radius 1 is 1.17 bits per heavy atom. The number of aromatic nitrogens is 2. The van der Waals surface area contributed by atoms with Crippen molar-refractivity contribution in [3.8, 4) is 0 Å². The van der Waals surface area contributed by atoms with E-state index in [0.29, 0.717) is 5.56 Å². The maximum absolute atomic E-state index is 12.8. The Bertz CT molecular complexity index is 584. The Hall–Kier alpha value is -1.73. The third-order valence-electron chi connectivity index (χ3n) is 5.04. The van der Waals surface area contributed by atoms with E-state index >= 15 is 0 Å². The predicted octanol–water partition coefficient (Wildman–Crippen LogP) is 0.490. The predicted molar refractivity (Wildman–Crippen MR) is 94.2 cm³/mol. The van der Waals surface area contributed by atoms with Gasteiger partial charge < -0.3 is 20.4 Å². The van der Waals surface area contributed by atoms with E-state index in [4.69, 9.17) is 5.73 Å². The minimum absolute atomic E-state index is 0.0338. The lowest BCUT2D eigenvalue weighted by atomic mass is 10.1. The largest absolute Gasteiger partial charge is 0.338 e. The number of carbonyl (C=O) groups excluding carboxylic acids is 1. The molecule has 24 heavy (non-hydrogen) atoms. The number of nitrogens with two attached hydrogens (primary N) is 1. The quantitative estimate of drug-likeness (QED) is 0.849. The summed E-state index contributed by atoms with van der Waals surface area (Å²) in [7, 11) is 2.12. The van der Waals surface area contributed by atoms with Gasteiger partial charge in [-0.15, -0.1) is 0 Å². The molecule has 2 fully saturated rings. The molecule has 2 aliphatic rings. The second-order valence-corrected chi connectivity index (χ2v) is 6.94. The number of likely N-dealkylation sites (tertiary alicyclic amines) is 1. The van der Waals surface area contributed by atoms with Crippen molar-refractivity contribution < 1.29 is 4.79 Å². The van der Waals surface area contributed by atoms with Crippen molar-refractivity contribution in [1.82, 2.24) is 19.8 Å². The number of piperazine rings is 1. The summed E-state index contributed by atoms with van der Waals surface area (Å²) in [4.78, 5) is 28.2. The average molecular weight is 332 g/mol. The normalized spacial score (nSPS) is 23.2. The third-order valence-corrected chi connectivity index (χ3v) is 5.04. The van der Waals surface area contributed by atoms with E-state index in [2.05, 4.69) is 26.8 Å². The molecule has 2 saturated heterocycles. The molecule has 0 radical (unpaired) electrons. The second-order valence-electron chi connectivity index (χ2n) is 6.94. The molecule has 1 aromatic rings. The number of amides is 1. The first-order valence-electron chi connectivity index (χ1n) is 8.86. The molecule has 1 amide bonds. The summed E-state index contributed by atoms with van der Waals surface area (Å²) in [6, 6.07) is 0.208. The molecule has 3 rings (SSSR count). The molecule has 1 aromatic heterocycles. The van der Waals surface area contributed by atoms with Gasteiger partial charge in [-0.1, -0.05) is 0 Å². The van der Waals surface area contributed by atoms with E-state index < -0.39 is 0 Å². The number of aryl methyl sites for hydroxylation is 1. The van der Waals surface area contributed by atoms with Crippen LogP contribution in [0.3, 0.4) is 0 Å². The maximum atomic E-state index is 12.8. The molecule has 0 saturated carbocycles. The van der Waals surface area contributed by atoms with Crippen LogP contribution in [-0.2, 0) is 0 Å². The van der Waals surface area contributed by atoms with Crippen LogP contribution in [0.15, 0.2) is 6.20 Å². The zero-order valence-corrected chi connectivity index (χ0v) is 14.7. The molecule has 0 aromatic carbocycles. The van der Waals surface area contributed by atoms with Crippen LogP contribution in [0.4, 0.5) is 5.95 Å². The molecular weight excluding hydrogens is 304 g/mol. The highest BCUT2D eigenvalue weighted by Crippen LogP contribution is 2.17. The van der Waals surface area contributed by atoms with Gasteiger partial charge in [-0.2, -0.15) is 0 Å². The molecule has 3 heterocycles. The van der Waals surface area contributed by atoms with Crippen molar-refractivity contribution in [2.24, 2.45) is 5.73 Å². The maximum Gasteiger partial charge on any atom is 0.257 e. The SMILES string of the molecule is Cc1nc(N2CCN(C)CC2)ncc1C(=O)N1CCC[C@@H](N)CC1. The second kappa shape index (κ2) is 7.44. The topological polar surface area (TPSA) is 78.6 Å². The number of anilines is 1. The lowest BCUT2D eigenvalue weighted by Crippen LogP contribution is -2.45. The fourth-order valence-electron chi connectivity index (χ4n) is 3.32. The minimum Gasteiger partial charge on any atom is -0.338 e. The van der Waals surface area contributed by atoms with E-state index in [1.54, 1.807) is 6.20 Å². The van der Waals surface area contributed by atoms with Crippen molar-refractivity contribution >= 4 is 11.9 Å². The van der Waals surface area contributed by atoms with Crippen molar-refractivity contribution in [3.05, 3.63) is 17.5 Å². The van der Waals surface area contributed by atoms with Gasteiger partial charge >= 0.3 is 0 Å². The van der Waals surface area contributed by atoms with Gasteiger partial charge in [0.15, 0.2) is 0 Å². The molecule has 1 atom stereocenters. The Morgan fingerprint density at radius 3 is 2.62 bits per heavy atom. The summed E-state index contributed by atoms with van der Waals surface area (Å²) in [6.07, 6.45) is 4.52. The number of carbonyl (C=O) groups is 1. The van der Waals surface area contributed by atoms with Crippen LogP contribution in [0.25, 0.3) is 0 Å². The van der Waals surface area contributed by atoms with Crippen LogP contribution in [0.2, 0.25) is 0 Å². The fourth-order valence-corrected chi connectivity index (χ4v) is 3.32. The van der Waals surface area contributed by atoms with Gasteiger partial charge in [0.2, 0.25) is 5.95 Å². The van der Waals surface area contributed by atoms with Crippen LogP contribution in [-0.4, -0.2) is 78.0 Å². The lowest BCUT2D eigenvalue weighted by Gasteiger charge is -2.32. The summed E-state index contributed by atoms with van der Waals surface area (Å²) >= 11 is 0. The fraction of sp³-hybridized carbons (Fsp3) is 0.706. The molecule has 132 valence electrons. The highest BCUT2D eigenvalue weighted by molar-refractivity contribution is 5.95. The number of likely N-dealkylation sites (N-methyl/N-ethyl adjacent to an activating group) is 1. The van der Waals surface area contributed by atoms with Gasteiger partial charge in [0, 0.05) is 51.5 Å². The molecule has 0 aliphatic carbocycles. The molecule has 7 nitrogen and oxygen atoms in total. The molecule has 0 unspecified atom stereocenters. The van der Waals surface area contributed by atoms with Crippen LogP contribution in [0.5, 0.6) is 0 Å². The van der Waals surface area contributed by atoms with Gasteiger partial charge in [-0.25, -0.2) is 9.97 Å². The highest BCUT2D eigenvalue weighted by atomic mass is 16.2. The van der Waals surface area contributed by atoms with Crippen molar-refractivity contribution in [2.75, 3.05) is 51.2 Å². The smallest absolute Gasteiger partial charge is 0.257 e. The lowest BCUT2D eigenvalue weighted by molar-refractivity contribution is 0.0759. The molecule has 0 bridgehead atoms. The first-order valence-corrected chi connectivity index (χ1v) is 8.86. The minimum atomic E-state index is 0.0338. The number of rotatable bonds is 2. The van der Waals surface area contributed by atoms with Gasteiger partial charge in [0.05, 0.1) is 11.3 Å².